The molecule has 170 valence electrons. The maximum Gasteiger partial charge on any atom is 0.317 e. The first-order chi connectivity index (χ1) is 15.1. The van der Waals surface area contributed by atoms with Crippen molar-refractivity contribution in [3.05, 3.63) is 36.0 Å². The zero-order valence-electron chi connectivity index (χ0n) is 18.2. The average molecular weight is 433 g/mol. The number of urea groups is 1. The molecule has 1 fully saturated rings. The van der Waals surface area contributed by atoms with E-state index >= 15 is 0 Å². The quantitative estimate of drug-likeness (QED) is 0.647. The van der Waals surface area contributed by atoms with E-state index in [0.717, 1.165) is 37.5 Å². The zero-order valence-corrected chi connectivity index (χ0v) is 18.2. The van der Waals surface area contributed by atoms with Gasteiger partial charge in [0.05, 0.1) is 13.7 Å². The van der Waals surface area contributed by atoms with Gasteiger partial charge in [0.2, 0.25) is 0 Å². The third-order valence-electron chi connectivity index (χ3n) is 5.15. The van der Waals surface area contributed by atoms with E-state index in [-0.39, 0.29) is 12.5 Å². The van der Waals surface area contributed by atoms with Gasteiger partial charge in [0, 0.05) is 31.8 Å². The molecule has 1 aliphatic rings. The second-order valence-corrected chi connectivity index (χ2v) is 7.35. The first kappa shape index (κ1) is 24.2. The second kappa shape index (κ2) is 13.3. The lowest BCUT2D eigenvalue weighted by atomic mass is 10.1. The van der Waals surface area contributed by atoms with E-state index in [0.29, 0.717) is 18.0 Å². The number of likely N-dealkylation sites (N-methyl/N-ethyl adjacent to an activating group) is 1. The number of rotatable bonds is 7. The van der Waals surface area contributed by atoms with Gasteiger partial charge in [-0.05, 0) is 50.2 Å². The minimum absolute atomic E-state index is 0.0937. The summed E-state index contributed by atoms with van der Waals surface area (Å²) in [7, 11) is 3.47. The van der Waals surface area contributed by atoms with Gasteiger partial charge in [0.1, 0.15) is 11.4 Å². The van der Waals surface area contributed by atoms with Gasteiger partial charge in [-0.3, -0.25) is 4.79 Å². The van der Waals surface area contributed by atoms with Crippen LogP contribution in [-0.4, -0.2) is 72.9 Å². The molecule has 9 heteroatoms. The summed E-state index contributed by atoms with van der Waals surface area (Å²) in [5.74, 6) is 1.46. The molecule has 1 aromatic carbocycles. The molecule has 2 heterocycles. The molecular formula is C22H32N4O5. The third kappa shape index (κ3) is 8.29. The summed E-state index contributed by atoms with van der Waals surface area (Å²) in [5, 5.41) is 13.8. The number of nitrogens with one attached hydrogen (secondary N) is 1. The Morgan fingerprint density at radius 1 is 1.26 bits per heavy atom. The standard InChI is InChI=1S/C21H30N4O3.CH2O2/c1-24(13-14-25-11-5-3-4-6-12-25)21(26)22-16-18-15-20(28-23-18)17-7-9-19(27-2)10-8-17;2-1-3/h7-10,15H,3-6,11-14,16H2,1-2H3,(H,22,26);1H,(H,2,3). The largest absolute Gasteiger partial charge is 0.497 e. The predicted molar refractivity (Wildman–Crippen MR) is 117 cm³/mol. The predicted octanol–water partition coefficient (Wildman–Crippen LogP) is 3.07. The molecular weight excluding hydrogens is 400 g/mol. The van der Waals surface area contributed by atoms with Crippen LogP contribution in [0, 0.1) is 0 Å². The van der Waals surface area contributed by atoms with Crippen LogP contribution in [0.15, 0.2) is 34.9 Å². The number of carbonyl (C=O) groups is 2. The summed E-state index contributed by atoms with van der Waals surface area (Å²) in [5.41, 5.74) is 1.61. The highest BCUT2D eigenvalue weighted by Crippen LogP contribution is 2.23. The second-order valence-electron chi connectivity index (χ2n) is 7.35. The van der Waals surface area contributed by atoms with E-state index in [1.165, 1.54) is 25.7 Å². The average Bonchev–Trinajstić information content (AvgIpc) is 3.11. The van der Waals surface area contributed by atoms with Crippen molar-refractivity contribution in [1.29, 1.82) is 0 Å². The highest BCUT2D eigenvalue weighted by molar-refractivity contribution is 5.73. The van der Waals surface area contributed by atoms with Crippen LogP contribution in [0.1, 0.15) is 31.4 Å². The zero-order chi connectivity index (χ0) is 22.5. The van der Waals surface area contributed by atoms with Crippen molar-refractivity contribution in [3.8, 4) is 17.1 Å². The van der Waals surface area contributed by atoms with Gasteiger partial charge in [0.15, 0.2) is 5.76 Å². The van der Waals surface area contributed by atoms with Gasteiger partial charge in [-0.2, -0.15) is 0 Å². The molecule has 0 aliphatic carbocycles. The van der Waals surface area contributed by atoms with Crippen LogP contribution in [0.3, 0.4) is 0 Å². The van der Waals surface area contributed by atoms with Gasteiger partial charge in [-0.1, -0.05) is 18.0 Å². The molecule has 9 nitrogen and oxygen atoms in total. The van der Waals surface area contributed by atoms with Crippen LogP contribution in [-0.2, 0) is 11.3 Å². The Bertz CT molecular complexity index is 785. The number of ether oxygens (including phenoxy) is 1. The highest BCUT2D eigenvalue weighted by Gasteiger charge is 2.14. The molecule has 2 aromatic rings. The molecule has 0 unspecified atom stereocenters. The number of methoxy groups -OCH3 is 1. The van der Waals surface area contributed by atoms with Crippen LogP contribution in [0.4, 0.5) is 4.79 Å². The molecule has 0 spiro atoms. The molecule has 1 aliphatic heterocycles. The lowest BCUT2D eigenvalue weighted by molar-refractivity contribution is -0.122. The van der Waals surface area contributed by atoms with Crippen molar-refractivity contribution in [2.75, 3.05) is 40.3 Å². The molecule has 0 bridgehead atoms. The van der Waals surface area contributed by atoms with Crippen molar-refractivity contribution in [1.82, 2.24) is 20.3 Å². The van der Waals surface area contributed by atoms with Crippen molar-refractivity contribution < 1.29 is 24.0 Å². The number of hydrogen-bond acceptors (Lipinski definition) is 6. The van der Waals surface area contributed by atoms with E-state index in [1.54, 1.807) is 12.0 Å². The number of carbonyl (C=O) groups excluding carboxylic acids is 1. The molecule has 31 heavy (non-hydrogen) atoms. The fraction of sp³-hybridized carbons (Fsp3) is 0.500. The topological polar surface area (TPSA) is 108 Å². The number of nitrogens with zero attached hydrogens (tertiary/aromatic N) is 3. The summed E-state index contributed by atoms with van der Waals surface area (Å²) in [6, 6.07) is 9.33. The van der Waals surface area contributed by atoms with E-state index < -0.39 is 0 Å². The summed E-state index contributed by atoms with van der Waals surface area (Å²) in [6.45, 7) is 4.02. The van der Waals surface area contributed by atoms with Gasteiger partial charge < -0.3 is 29.5 Å². The Labute approximate surface area is 182 Å². The number of benzene rings is 1. The van der Waals surface area contributed by atoms with Crippen molar-refractivity contribution in [2.45, 2.75) is 32.2 Å². The van der Waals surface area contributed by atoms with Crippen LogP contribution >= 0.6 is 0 Å². The summed E-state index contributed by atoms with van der Waals surface area (Å²) >= 11 is 0. The fourth-order valence-corrected chi connectivity index (χ4v) is 3.34. The molecule has 0 saturated carbocycles. The number of aromatic nitrogens is 1. The molecule has 1 saturated heterocycles. The minimum atomic E-state index is -0.250. The summed E-state index contributed by atoms with van der Waals surface area (Å²) < 4.78 is 10.6. The third-order valence-corrected chi connectivity index (χ3v) is 5.15. The molecule has 3 rings (SSSR count). The summed E-state index contributed by atoms with van der Waals surface area (Å²) in [6.07, 6.45) is 5.17. The van der Waals surface area contributed by atoms with Gasteiger partial charge >= 0.3 is 6.03 Å². The van der Waals surface area contributed by atoms with Gasteiger partial charge in [-0.25, -0.2) is 4.79 Å². The lowest BCUT2D eigenvalue weighted by Crippen LogP contribution is -2.41. The Kier molecular flexibility index (Phi) is 10.4. The molecule has 2 N–H and O–H groups in total. The first-order valence-corrected chi connectivity index (χ1v) is 10.5. The fourth-order valence-electron chi connectivity index (χ4n) is 3.34. The molecule has 1 aromatic heterocycles. The van der Waals surface area contributed by atoms with Crippen molar-refractivity contribution in [2.24, 2.45) is 0 Å². The van der Waals surface area contributed by atoms with Crippen LogP contribution < -0.4 is 10.1 Å². The van der Waals surface area contributed by atoms with Crippen molar-refractivity contribution >= 4 is 12.5 Å². The lowest BCUT2D eigenvalue weighted by Gasteiger charge is -2.24. The van der Waals surface area contributed by atoms with Crippen LogP contribution in [0.25, 0.3) is 11.3 Å². The molecule has 0 radical (unpaired) electrons. The van der Waals surface area contributed by atoms with Gasteiger partial charge in [-0.15, -0.1) is 0 Å². The first-order valence-electron chi connectivity index (χ1n) is 10.5. The SMILES string of the molecule is COc1ccc(-c2cc(CNC(=O)N(C)CCN3CCCCCC3)no2)cc1.O=CO. The maximum atomic E-state index is 12.3. The monoisotopic (exact) mass is 432 g/mol. The smallest absolute Gasteiger partial charge is 0.317 e. The summed E-state index contributed by atoms with van der Waals surface area (Å²) in [4.78, 5) is 24.9. The number of hydrogen-bond donors (Lipinski definition) is 2. The number of amides is 2. The Morgan fingerprint density at radius 3 is 2.52 bits per heavy atom. The molecule has 0 atom stereocenters. The Morgan fingerprint density at radius 2 is 1.90 bits per heavy atom. The van der Waals surface area contributed by atoms with E-state index in [9.17, 15) is 4.79 Å². The molecule has 2 amide bonds. The van der Waals surface area contributed by atoms with E-state index in [4.69, 9.17) is 19.2 Å². The minimum Gasteiger partial charge on any atom is -0.497 e. The number of carboxylic acid groups (broad SMARTS) is 1. The Hall–Kier alpha value is -3.07. The Balaban J connectivity index is 0.00000107. The van der Waals surface area contributed by atoms with E-state index in [1.807, 2.05) is 37.4 Å². The highest BCUT2D eigenvalue weighted by atomic mass is 16.5. The van der Waals surface area contributed by atoms with Crippen molar-refractivity contribution in [3.63, 3.8) is 0 Å². The number of likely N-dealkylation sites (tertiary alicyclic amines) is 1. The van der Waals surface area contributed by atoms with E-state index in [2.05, 4.69) is 15.4 Å². The van der Waals surface area contributed by atoms with Gasteiger partial charge in [0.25, 0.3) is 6.47 Å². The van der Waals surface area contributed by atoms with Crippen LogP contribution in [0.2, 0.25) is 0 Å². The normalized spacial score (nSPS) is 14.0. The maximum absolute atomic E-state index is 12.3. The van der Waals surface area contributed by atoms with Crippen LogP contribution in [0.5, 0.6) is 5.75 Å².